The molecule has 5 nitrogen and oxygen atoms in total. The second-order valence-corrected chi connectivity index (χ2v) is 10.7. The molecule has 0 bridgehead atoms. The van der Waals surface area contributed by atoms with Crippen molar-refractivity contribution in [1.82, 2.24) is 4.90 Å². The number of rotatable bonds is 11. The van der Waals surface area contributed by atoms with E-state index < -0.39 is 5.97 Å². The first kappa shape index (κ1) is 26.5. The minimum absolute atomic E-state index is 0.134. The number of carbonyl (C=O) groups excluding carboxylic acids is 1. The van der Waals surface area contributed by atoms with Crippen LogP contribution in [0.4, 0.5) is 0 Å². The lowest BCUT2D eigenvalue weighted by Gasteiger charge is -2.24. The van der Waals surface area contributed by atoms with Crippen LogP contribution in [0.25, 0.3) is 0 Å². The van der Waals surface area contributed by atoms with Crippen molar-refractivity contribution < 1.29 is 19.4 Å². The van der Waals surface area contributed by atoms with Crippen molar-refractivity contribution in [2.45, 2.75) is 64.4 Å². The number of fused-ring (bicyclic) bond motifs is 1. The standard InChI is InChI=1S/C32H37NO4/c1-23(2)27-13-9-26(10-14-27)20-32(3)21-28-19-25(11-15-29(28)37-32)12-16-30(34)33(22-31(35)36)18-17-24-7-5-4-6-8-24/h4-11,13-15,19,23H,12,16-18,20-22H2,1-3H3,(H,35,36)/t32-/m1/s1. The van der Waals surface area contributed by atoms with Crippen molar-refractivity contribution in [3.63, 3.8) is 0 Å². The molecule has 1 aliphatic heterocycles. The highest BCUT2D eigenvalue weighted by Gasteiger charge is 2.35. The molecule has 0 saturated heterocycles. The molecule has 1 heterocycles. The van der Waals surface area contributed by atoms with E-state index in [0.29, 0.717) is 25.3 Å². The molecule has 0 aliphatic carbocycles. The summed E-state index contributed by atoms with van der Waals surface area (Å²) in [7, 11) is 0. The zero-order valence-corrected chi connectivity index (χ0v) is 22.1. The maximum atomic E-state index is 12.9. The summed E-state index contributed by atoms with van der Waals surface area (Å²) in [6.45, 7) is 6.67. The molecule has 3 aromatic rings. The van der Waals surface area contributed by atoms with E-state index in [1.54, 1.807) is 0 Å². The number of carboxylic acid groups (broad SMARTS) is 1. The Morgan fingerprint density at radius 3 is 2.32 bits per heavy atom. The fourth-order valence-electron chi connectivity index (χ4n) is 5.05. The molecule has 0 saturated carbocycles. The number of aryl methyl sites for hydroxylation is 1. The summed E-state index contributed by atoms with van der Waals surface area (Å²) >= 11 is 0. The van der Waals surface area contributed by atoms with Crippen LogP contribution in [0.1, 0.15) is 60.9 Å². The smallest absolute Gasteiger partial charge is 0.323 e. The van der Waals surface area contributed by atoms with E-state index in [1.807, 2.05) is 42.5 Å². The van der Waals surface area contributed by atoms with Gasteiger partial charge < -0.3 is 14.7 Å². The van der Waals surface area contributed by atoms with Gasteiger partial charge >= 0.3 is 5.97 Å². The summed E-state index contributed by atoms with van der Waals surface area (Å²) in [6.07, 6.45) is 3.13. The fourth-order valence-corrected chi connectivity index (χ4v) is 5.05. The van der Waals surface area contributed by atoms with E-state index in [1.165, 1.54) is 16.0 Å². The van der Waals surface area contributed by atoms with E-state index in [-0.39, 0.29) is 24.5 Å². The predicted octanol–water partition coefficient (Wildman–Crippen LogP) is 5.83. The average Bonchev–Trinajstić information content (AvgIpc) is 3.20. The highest BCUT2D eigenvalue weighted by Crippen LogP contribution is 2.37. The number of benzene rings is 3. The van der Waals surface area contributed by atoms with Crippen molar-refractivity contribution in [1.29, 1.82) is 0 Å². The molecule has 1 aliphatic rings. The average molecular weight is 500 g/mol. The van der Waals surface area contributed by atoms with Crippen LogP contribution >= 0.6 is 0 Å². The number of carbonyl (C=O) groups is 2. The van der Waals surface area contributed by atoms with Gasteiger partial charge in [-0.1, -0.05) is 80.6 Å². The van der Waals surface area contributed by atoms with Crippen LogP contribution in [0.5, 0.6) is 5.75 Å². The molecule has 0 aromatic heterocycles. The third-order valence-corrected chi connectivity index (χ3v) is 7.09. The molecule has 0 radical (unpaired) electrons. The van der Waals surface area contributed by atoms with Crippen molar-refractivity contribution in [2.75, 3.05) is 13.1 Å². The van der Waals surface area contributed by atoms with Crippen molar-refractivity contribution >= 4 is 11.9 Å². The van der Waals surface area contributed by atoms with Crippen LogP contribution in [-0.2, 0) is 35.3 Å². The summed E-state index contributed by atoms with van der Waals surface area (Å²) in [5.74, 6) is 0.299. The summed E-state index contributed by atoms with van der Waals surface area (Å²) in [5.41, 5.74) is 5.62. The van der Waals surface area contributed by atoms with Crippen molar-refractivity contribution in [2.24, 2.45) is 0 Å². The van der Waals surface area contributed by atoms with Gasteiger partial charge in [-0.3, -0.25) is 9.59 Å². The van der Waals surface area contributed by atoms with Crippen molar-refractivity contribution in [3.8, 4) is 5.75 Å². The summed E-state index contributed by atoms with van der Waals surface area (Å²) in [4.78, 5) is 25.7. The molecular formula is C32H37NO4. The minimum Gasteiger partial charge on any atom is -0.487 e. The Hall–Kier alpha value is -3.60. The molecule has 0 spiro atoms. The maximum absolute atomic E-state index is 12.9. The number of hydrogen-bond acceptors (Lipinski definition) is 3. The Balaban J connectivity index is 1.34. The van der Waals surface area contributed by atoms with Crippen molar-refractivity contribution in [3.05, 3.63) is 101 Å². The van der Waals surface area contributed by atoms with Gasteiger partial charge in [-0.05, 0) is 59.6 Å². The Kier molecular flexibility index (Phi) is 8.32. The van der Waals surface area contributed by atoms with Crippen LogP contribution in [-0.4, -0.2) is 40.6 Å². The van der Waals surface area contributed by atoms with Gasteiger partial charge in [-0.15, -0.1) is 0 Å². The van der Waals surface area contributed by atoms with E-state index in [9.17, 15) is 14.7 Å². The molecule has 0 fully saturated rings. The molecule has 37 heavy (non-hydrogen) atoms. The van der Waals surface area contributed by atoms with Crippen LogP contribution in [0.3, 0.4) is 0 Å². The number of carboxylic acids is 1. The quantitative estimate of drug-likeness (QED) is 0.360. The Morgan fingerprint density at radius 2 is 1.65 bits per heavy atom. The Bertz CT molecular complexity index is 1220. The molecule has 0 unspecified atom stereocenters. The molecule has 5 heteroatoms. The number of amides is 1. The van der Waals surface area contributed by atoms with Gasteiger partial charge in [-0.25, -0.2) is 0 Å². The molecule has 3 aromatic carbocycles. The molecule has 1 atom stereocenters. The predicted molar refractivity (Wildman–Crippen MR) is 146 cm³/mol. The third-order valence-electron chi connectivity index (χ3n) is 7.09. The molecule has 194 valence electrons. The number of ether oxygens (including phenoxy) is 1. The maximum Gasteiger partial charge on any atom is 0.323 e. The van der Waals surface area contributed by atoms with E-state index in [2.05, 4.69) is 51.1 Å². The number of aliphatic carboxylic acids is 1. The summed E-state index contributed by atoms with van der Waals surface area (Å²) < 4.78 is 6.37. The topological polar surface area (TPSA) is 66.8 Å². The molecule has 4 rings (SSSR count). The zero-order chi connectivity index (χ0) is 26.4. The molecule has 1 amide bonds. The van der Waals surface area contributed by atoms with Gasteiger partial charge in [0.1, 0.15) is 17.9 Å². The first-order valence-electron chi connectivity index (χ1n) is 13.1. The number of hydrogen-bond donors (Lipinski definition) is 1. The first-order chi connectivity index (χ1) is 17.7. The van der Waals surface area contributed by atoms with Crippen LogP contribution in [0.2, 0.25) is 0 Å². The lowest BCUT2D eigenvalue weighted by Crippen LogP contribution is -2.37. The third kappa shape index (κ3) is 7.22. The first-order valence-corrected chi connectivity index (χ1v) is 13.1. The normalized spacial score (nSPS) is 16.3. The Morgan fingerprint density at radius 1 is 0.946 bits per heavy atom. The lowest BCUT2D eigenvalue weighted by atomic mass is 9.90. The van der Waals surface area contributed by atoms with Gasteiger partial charge in [-0.2, -0.15) is 0 Å². The Labute approximate surface area is 220 Å². The van der Waals surface area contributed by atoms with Crippen LogP contribution < -0.4 is 4.74 Å². The second-order valence-electron chi connectivity index (χ2n) is 10.7. The zero-order valence-electron chi connectivity index (χ0n) is 22.1. The van der Waals surface area contributed by atoms with Gasteiger partial charge in [0, 0.05) is 25.8 Å². The largest absolute Gasteiger partial charge is 0.487 e. The van der Waals surface area contributed by atoms with Gasteiger partial charge in [0.15, 0.2) is 0 Å². The highest BCUT2D eigenvalue weighted by molar-refractivity contribution is 5.81. The molecular weight excluding hydrogens is 462 g/mol. The minimum atomic E-state index is -0.991. The SMILES string of the molecule is CC(C)c1ccc(C[C@]2(C)Cc3cc(CCC(=O)N(CCc4ccccc4)CC(=O)O)ccc3O2)cc1. The highest BCUT2D eigenvalue weighted by atomic mass is 16.5. The second kappa shape index (κ2) is 11.6. The van der Waals surface area contributed by atoms with E-state index in [0.717, 1.165) is 35.3 Å². The van der Waals surface area contributed by atoms with Gasteiger partial charge in [0.05, 0.1) is 0 Å². The van der Waals surface area contributed by atoms with Crippen LogP contribution in [0, 0.1) is 0 Å². The summed E-state index contributed by atoms with van der Waals surface area (Å²) in [6, 6.07) is 24.8. The fraction of sp³-hybridized carbons (Fsp3) is 0.375. The molecule has 1 N–H and O–H groups in total. The van der Waals surface area contributed by atoms with E-state index >= 15 is 0 Å². The number of nitrogens with zero attached hydrogens (tertiary/aromatic N) is 1. The monoisotopic (exact) mass is 499 g/mol. The van der Waals surface area contributed by atoms with Gasteiger partial charge in [0.2, 0.25) is 5.91 Å². The van der Waals surface area contributed by atoms with E-state index in [4.69, 9.17) is 4.74 Å². The van der Waals surface area contributed by atoms with Gasteiger partial charge in [0.25, 0.3) is 0 Å². The summed E-state index contributed by atoms with van der Waals surface area (Å²) in [5, 5.41) is 9.31. The van der Waals surface area contributed by atoms with Crippen LogP contribution in [0.15, 0.2) is 72.8 Å². The lowest BCUT2D eigenvalue weighted by molar-refractivity contribution is -0.144.